The first-order valence-electron chi connectivity index (χ1n) is 7.68. The highest BCUT2D eigenvalue weighted by atomic mass is 16.6. The molecule has 1 saturated heterocycles. The number of aromatic nitrogens is 1. The fourth-order valence-corrected chi connectivity index (χ4v) is 2.58. The molecule has 1 fully saturated rings. The van der Waals surface area contributed by atoms with Gasteiger partial charge in [-0.3, -0.25) is 0 Å². The zero-order valence-electron chi connectivity index (χ0n) is 13.9. The van der Waals surface area contributed by atoms with E-state index in [1.165, 1.54) is 0 Å². The van der Waals surface area contributed by atoms with Crippen LogP contribution in [0.2, 0.25) is 0 Å². The van der Waals surface area contributed by atoms with Crippen LogP contribution in [0.25, 0.3) is 0 Å². The molecular weight excluding hydrogens is 280 g/mol. The summed E-state index contributed by atoms with van der Waals surface area (Å²) in [4.78, 5) is 20.2. The summed E-state index contributed by atoms with van der Waals surface area (Å²) >= 11 is 0. The summed E-state index contributed by atoms with van der Waals surface area (Å²) in [5.41, 5.74) is 6.23. The third-order valence-corrected chi connectivity index (χ3v) is 3.83. The lowest BCUT2D eigenvalue weighted by Crippen LogP contribution is -2.47. The van der Waals surface area contributed by atoms with Gasteiger partial charge in [0.15, 0.2) is 0 Å². The maximum absolute atomic E-state index is 12.1. The number of hydrogen-bond donors (Lipinski definition) is 1. The largest absolute Gasteiger partial charge is 0.444 e. The number of ether oxygens (including phenoxy) is 1. The van der Waals surface area contributed by atoms with Gasteiger partial charge in [-0.05, 0) is 45.7 Å². The topological polar surface area (TPSA) is 71.7 Å². The molecule has 22 heavy (non-hydrogen) atoms. The lowest BCUT2D eigenvalue weighted by atomic mass is 10.0. The highest BCUT2D eigenvalue weighted by molar-refractivity contribution is 5.68. The molecule has 0 radical (unpaired) electrons. The Morgan fingerprint density at radius 2 is 2.00 bits per heavy atom. The van der Waals surface area contributed by atoms with Gasteiger partial charge in [-0.15, -0.1) is 0 Å². The zero-order valence-corrected chi connectivity index (χ0v) is 13.9. The maximum atomic E-state index is 12.1. The number of nitrogen functional groups attached to an aromatic ring is 1. The van der Waals surface area contributed by atoms with Crippen LogP contribution < -0.4 is 10.6 Å². The second kappa shape index (κ2) is 6.42. The van der Waals surface area contributed by atoms with Gasteiger partial charge in [0.05, 0.1) is 11.9 Å². The predicted molar refractivity (Wildman–Crippen MR) is 87.9 cm³/mol. The number of hydrogen-bond acceptors (Lipinski definition) is 5. The van der Waals surface area contributed by atoms with Gasteiger partial charge in [-0.1, -0.05) is 0 Å². The van der Waals surface area contributed by atoms with Crippen molar-refractivity contribution in [3.8, 4) is 0 Å². The second-order valence-electron chi connectivity index (χ2n) is 6.75. The molecule has 2 N–H and O–H groups in total. The second-order valence-corrected chi connectivity index (χ2v) is 6.75. The fraction of sp³-hybridized carbons (Fsp3) is 0.625. The van der Waals surface area contributed by atoms with E-state index in [1.807, 2.05) is 40.0 Å². The lowest BCUT2D eigenvalue weighted by Gasteiger charge is -2.38. The summed E-state index contributed by atoms with van der Waals surface area (Å²) < 4.78 is 5.43. The number of rotatable bonds is 2. The molecule has 0 bridgehead atoms. The van der Waals surface area contributed by atoms with Crippen LogP contribution in [0.1, 0.15) is 33.6 Å². The summed E-state index contributed by atoms with van der Waals surface area (Å²) in [5, 5.41) is 0. The molecule has 1 aliphatic heterocycles. The van der Waals surface area contributed by atoms with Crippen molar-refractivity contribution in [2.45, 2.75) is 45.3 Å². The Balaban J connectivity index is 1.88. The van der Waals surface area contributed by atoms with E-state index in [4.69, 9.17) is 10.5 Å². The third kappa shape index (κ3) is 4.26. The van der Waals surface area contributed by atoms with Gasteiger partial charge in [0, 0.05) is 26.2 Å². The first-order valence-corrected chi connectivity index (χ1v) is 7.68. The molecule has 0 aromatic carbocycles. The van der Waals surface area contributed by atoms with Crippen LogP contribution in [0.4, 0.5) is 16.3 Å². The van der Waals surface area contributed by atoms with Gasteiger partial charge in [-0.25, -0.2) is 9.78 Å². The average Bonchev–Trinajstić information content (AvgIpc) is 2.46. The summed E-state index contributed by atoms with van der Waals surface area (Å²) in [6.07, 6.45) is 3.38. The van der Waals surface area contributed by atoms with Crippen molar-refractivity contribution in [2.75, 3.05) is 30.8 Å². The number of carbonyl (C=O) groups excluding carboxylic acids is 1. The molecule has 2 rings (SSSR count). The summed E-state index contributed by atoms with van der Waals surface area (Å²) in [5.74, 6) is 0.531. The minimum atomic E-state index is -0.457. The smallest absolute Gasteiger partial charge is 0.410 e. The van der Waals surface area contributed by atoms with E-state index >= 15 is 0 Å². The molecule has 2 heterocycles. The summed E-state index contributed by atoms with van der Waals surface area (Å²) in [6.45, 7) is 7.44. The molecule has 6 nitrogen and oxygen atoms in total. The Morgan fingerprint density at radius 3 is 2.50 bits per heavy atom. The first-order chi connectivity index (χ1) is 10.3. The van der Waals surface area contributed by atoms with Crippen molar-refractivity contribution in [1.82, 2.24) is 9.88 Å². The first kappa shape index (κ1) is 16.4. The quantitative estimate of drug-likeness (QED) is 0.909. The molecule has 122 valence electrons. The van der Waals surface area contributed by atoms with Crippen LogP contribution in [0.15, 0.2) is 18.3 Å². The van der Waals surface area contributed by atoms with Crippen LogP contribution in [0.5, 0.6) is 0 Å². The van der Waals surface area contributed by atoms with Crippen LogP contribution in [0, 0.1) is 0 Å². The number of nitrogens with two attached hydrogens (primary N) is 1. The number of nitrogens with zero attached hydrogens (tertiary/aromatic N) is 3. The van der Waals surface area contributed by atoms with Gasteiger partial charge in [0.2, 0.25) is 0 Å². The van der Waals surface area contributed by atoms with Crippen molar-refractivity contribution >= 4 is 17.6 Å². The number of carbonyl (C=O) groups is 1. The zero-order chi connectivity index (χ0) is 16.3. The van der Waals surface area contributed by atoms with E-state index in [-0.39, 0.29) is 12.1 Å². The summed E-state index contributed by atoms with van der Waals surface area (Å²) in [6, 6.07) is 4.02. The SMILES string of the molecule is CN(C(=O)OC(C)(C)C)C1CCN(c2ccc(N)nc2)CC1. The highest BCUT2D eigenvalue weighted by Gasteiger charge is 2.28. The van der Waals surface area contributed by atoms with Crippen LogP contribution in [-0.2, 0) is 4.74 Å². The molecular formula is C16H26N4O2. The minimum absolute atomic E-state index is 0.216. The van der Waals surface area contributed by atoms with Gasteiger partial charge >= 0.3 is 6.09 Å². The number of piperidine rings is 1. The van der Waals surface area contributed by atoms with Crippen LogP contribution >= 0.6 is 0 Å². The van der Waals surface area contributed by atoms with E-state index in [0.717, 1.165) is 31.6 Å². The predicted octanol–water partition coefficient (Wildman–Crippen LogP) is 2.50. The molecule has 1 amide bonds. The minimum Gasteiger partial charge on any atom is -0.444 e. The summed E-state index contributed by atoms with van der Waals surface area (Å²) in [7, 11) is 1.82. The number of anilines is 2. The molecule has 0 unspecified atom stereocenters. The van der Waals surface area contributed by atoms with Gasteiger partial charge < -0.3 is 20.3 Å². The van der Waals surface area contributed by atoms with Gasteiger partial charge in [0.25, 0.3) is 0 Å². The molecule has 1 aromatic rings. The molecule has 1 aliphatic rings. The van der Waals surface area contributed by atoms with E-state index < -0.39 is 5.60 Å². The lowest BCUT2D eigenvalue weighted by molar-refractivity contribution is 0.0201. The fourth-order valence-electron chi connectivity index (χ4n) is 2.58. The number of pyridine rings is 1. The Labute approximate surface area is 132 Å². The average molecular weight is 306 g/mol. The molecule has 0 aliphatic carbocycles. The van der Waals surface area contributed by atoms with Crippen molar-refractivity contribution in [2.24, 2.45) is 0 Å². The van der Waals surface area contributed by atoms with Crippen molar-refractivity contribution in [1.29, 1.82) is 0 Å². The standard InChI is InChI=1S/C16H26N4O2/c1-16(2,3)22-15(21)19(4)12-7-9-20(10-8-12)13-5-6-14(17)18-11-13/h5-6,11-12H,7-10H2,1-4H3,(H2,17,18). The molecule has 1 aromatic heterocycles. The Hall–Kier alpha value is -1.98. The Kier molecular flexibility index (Phi) is 4.78. The third-order valence-electron chi connectivity index (χ3n) is 3.83. The Morgan fingerprint density at radius 1 is 1.36 bits per heavy atom. The van der Waals surface area contributed by atoms with E-state index in [1.54, 1.807) is 11.1 Å². The van der Waals surface area contributed by atoms with Crippen LogP contribution in [-0.4, -0.2) is 47.8 Å². The highest BCUT2D eigenvalue weighted by Crippen LogP contribution is 2.23. The Bertz CT molecular complexity index is 502. The van der Waals surface area contributed by atoms with Crippen LogP contribution in [0.3, 0.4) is 0 Å². The van der Waals surface area contributed by atoms with Crippen molar-refractivity contribution in [3.63, 3.8) is 0 Å². The van der Waals surface area contributed by atoms with Gasteiger partial charge in [0.1, 0.15) is 11.4 Å². The van der Waals surface area contributed by atoms with Crippen molar-refractivity contribution < 1.29 is 9.53 Å². The molecule has 0 atom stereocenters. The molecule has 0 saturated carbocycles. The van der Waals surface area contributed by atoms with E-state index in [0.29, 0.717) is 5.82 Å². The number of amides is 1. The van der Waals surface area contributed by atoms with E-state index in [2.05, 4.69) is 9.88 Å². The normalized spacial score (nSPS) is 16.5. The molecule has 6 heteroatoms. The molecule has 0 spiro atoms. The maximum Gasteiger partial charge on any atom is 0.410 e. The van der Waals surface area contributed by atoms with Gasteiger partial charge in [-0.2, -0.15) is 0 Å². The van der Waals surface area contributed by atoms with E-state index in [9.17, 15) is 4.79 Å². The monoisotopic (exact) mass is 306 g/mol. The van der Waals surface area contributed by atoms with Crippen molar-refractivity contribution in [3.05, 3.63) is 18.3 Å².